The Hall–Kier alpha value is -3.09. The van der Waals surface area contributed by atoms with E-state index in [-0.39, 0.29) is 36.6 Å². The van der Waals surface area contributed by atoms with Crippen molar-refractivity contribution in [2.45, 2.75) is 39.3 Å². The topological polar surface area (TPSA) is 65.9 Å². The SMILES string of the molecule is CC(=O)N1CCN(C(=O)CCC(=O)N2CCn3cccc3C2c2cccc(C)c2)CC1. The molecule has 0 radical (unpaired) electrons. The van der Waals surface area contributed by atoms with Gasteiger partial charge in [-0.15, -0.1) is 0 Å². The van der Waals surface area contributed by atoms with Gasteiger partial charge in [0.1, 0.15) is 0 Å². The van der Waals surface area contributed by atoms with Crippen LogP contribution in [0.25, 0.3) is 0 Å². The first-order chi connectivity index (χ1) is 14.9. The third kappa shape index (κ3) is 4.50. The van der Waals surface area contributed by atoms with E-state index in [4.69, 9.17) is 0 Å². The van der Waals surface area contributed by atoms with Gasteiger partial charge in [0.2, 0.25) is 17.7 Å². The maximum Gasteiger partial charge on any atom is 0.223 e. The maximum atomic E-state index is 13.2. The van der Waals surface area contributed by atoms with Crippen molar-refractivity contribution in [3.05, 3.63) is 59.4 Å². The Bertz CT molecular complexity index is 975. The Morgan fingerprint density at radius 2 is 1.58 bits per heavy atom. The Kier molecular flexibility index (Phi) is 6.11. The highest BCUT2D eigenvalue weighted by molar-refractivity contribution is 5.84. The average Bonchev–Trinajstić information content (AvgIpc) is 3.25. The number of amides is 3. The van der Waals surface area contributed by atoms with Gasteiger partial charge < -0.3 is 19.3 Å². The molecule has 1 unspecified atom stereocenters. The van der Waals surface area contributed by atoms with Crippen LogP contribution in [0.2, 0.25) is 0 Å². The number of hydrogen-bond donors (Lipinski definition) is 0. The molecule has 7 heteroatoms. The number of aryl methyl sites for hydroxylation is 1. The molecular formula is C24H30N4O3. The van der Waals surface area contributed by atoms with Gasteiger partial charge >= 0.3 is 0 Å². The van der Waals surface area contributed by atoms with Crippen molar-refractivity contribution >= 4 is 17.7 Å². The molecule has 1 fully saturated rings. The number of aromatic nitrogens is 1. The van der Waals surface area contributed by atoms with Crippen LogP contribution in [0.4, 0.5) is 0 Å². The third-order valence-corrected chi connectivity index (χ3v) is 6.35. The van der Waals surface area contributed by atoms with Crippen LogP contribution in [0.3, 0.4) is 0 Å². The largest absolute Gasteiger partial charge is 0.348 e. The molecule has 0 saturated carbocycles. The quantitative estimate of drug-likeness (QED) is 0.759. The zero-order chi connectivity index (χ0) is 22.0. The average molecular weight is 423 g/mol. The molecule has 4 rings (SSSR count). The lowest BCUT2D eigenvalue weighted by molar-refractivity contribution is -0.141. The van der Waals surface area contributed by atoms with Crippen LogP contribution in [0.5, 0.6) is 0 Å². The van der Waals surface area contributed by atoms with E-state index >= 15 is 0 Å². The zero-order valence-electron chi connectivity index (χ0n) is 18.3. The molecule has 1 aromatic heterocycles. The van der Waals surface area contributed by atoms with Gasteiger partial charge in [0.25, 0.3) is 0 Å². The molecule has 0 spiro atoms. The van der Waals surface area contributed by atoms with Crippen LogP contribution in [-0.4, -0.2) is 69.7 Å². The van der Waals surface area contributed by atoms with Crippen molar-refractivity contribution in [2.75, 3.05) is 32.7 Å². The molecule has 31 heavy (non-hydrogen) atoms. The zero-order valence-corrected chi connectivity index (χ0v) is 18.3. The number of carbonyl (C=O) groups excluding carboxylic acids is 3. The lowest BCUT2D eigenvalue weighted by Gasteiger charge is -2.38. The van der Waals surface area contributed by atoms with E-state index in [1.807, 2.05) is 17.0 Å². The molecule has 7 nitrogen and oxygen atoms in total. The molecule has 3 amide bonds. The van der Waals surface area contributed by atoms with Gasteiger partial charge in [-0.25, -0.2) is 0 Å². The molecule has 1 atom stereocenters. The van der Waals surface area contributed by atoms with Gasteiger partial charge in [-0.3, -0.25) is 14.4 Å². The number of hydrogen-bond acceptors (Lipinski definition) is 3. The third-order valence-electron chi connectivity index (χ3n) is 6.35. The first kappa shape index (κ1) is 21.2. The fraction of sp³-hybridized carbons (Fsp3) is 0.458. The monoisotopic (exact) mass is 422 g/mol. The first-order valence-electron chi connectivity index (χ1n) is 11.0. The molecule has 1 saturated heterocycles. The summed E-state index contributed by atoms with van der Waals surface area (Å²) in [5.41, 5.74) is 3.37. The Morgan fingerprint density at radius 1 is 0.871 bits per heavy atom. The second-order valence-corrected chi connectivity index (χ2v) is 8.42. The van der Waals surface area contributed by atoms with Crippen molar-refractivity contribution < 1.29 is 14.4 Å². The predicted octanol–water partition coefficient (Wildman–Crippen LogP) is 2.20. The standard InChI is InChI=1S/C24H30N4O3/c1-18-5-3-6-20(17-18)24-21-7-4-10-26(21)15-16-28(24)23(31)9-8-22(30)27-13-11-25(12-14-27)19(2)29/h3-7,10,17,24H,8-9,11-16H2,1-2H3. The number of piperazine rings is 1. The molecule has 1 aromatic carbocycles. The van der Waals surface area contributed by atoms with Crippen LogP contribution in [0.1, 0.15) is 42.6 Å². The molecule has 3 heterocycles. The minimum atomic E-state index is -0.134. The van der Waals surface area contributed by atoms with Gasteiger partial charge in [0.05, 0.1) is 6.04 Å². The summed E-state index contributed by atoms with van der Waals surface area (Å²) in [7, 11) is 0. The summed E-state index contributed by atoms with van der Waals surface area (Å²) in [4.78, 5) is 42.8. The fourth-order valence-electron chi connectivity index (χ4n) is 4.63. The molecule has 0 aliphatic carbocycles. The normalized spacial score (nSPS) is 18.6. The Balaban J connectivity index is 1.42. The summed E-state index contributed by atoms with van der Waals surface area (Å²) in [6.07, 6.45) is 2.47. The van der Waals surface area contributed by atoms with E-state index in [1.165, 1.54) is 0 Å². The lowest BCUT2D eigenvalue weighted by Crippen LogP contribution is -2.50. The van der Waals surface area contributed by atoms with Gasteiger partial charge in [-0.05, 0) is 24.6 Å². The number of benzene rings is 1. The minimum absolute atomic E-state index is 0.00896. The lowest BCUT2D eigenvalue weighted by atomic mass is 9.97. The summed E-state index contributed by atoms with van der Waals surface area (Å²) in [5.74, 6) is 0.0398. The molecular weight excluding hydrogens is 392 g/mol. The molecule has 0 bridgehead atoms. The van der Waals surface area contributed by atoms with Crippen molar-refractivity contribution in [1.29, 1.82) is 0 Å². The van der Waals surface area contributed by atoms with Crippen molar-refractivity contribution in [3.63, 3.8) is 0 Å². The highest BCUT2D eigenvalue weighted by atomic mass is 16.2. The van der Waals surface area contributed by atoms with Crippen LogP contribution in [0.15, 0.2) is 42.6 Å². The number of rotatable bonds is 4. The van der Waals surface area contributed by atoms with E-state index in [0.717, 1.165) is 23.4 Å². The number of fused-ring (bicyclic) bond motifs is 1. The highest BCUT2D eigenvalue weighted by Crippen LogP contribution is 2.33. The van der Waals surface area contributed by atoms with Crippen molar-refractivity contribution in [3.8, 4) is 0 Å². The smallest absolute Gasteiger partial charge is 0.223 e. The molecule has 0 N–H and O–H groups in total. The number of carbonyl (C=O) groups is 3. The second-order valence-electron chi connectivity index (χ2n) is 8.42. The summed E-state index contributed by atoms with van der Waals surface area (Å²) < 4.78 is 2.20. The number of nitrogens with zero attached hydrogens (tertiary/aromatic N) is 4. The van der Waals surface area contributed by atoms with Crippen LogP contribution >= 0.6 is 0 Å². The van der Waals surface area contributed by atoms with Crippen LogP contribution < -0.4 is 0 Å². The summed E-state index contributed by atoms with van der Waals surface area (Å²) in [5, 5.41) is 0. The van der Waals surface area contributed by atoms with E-state index in [1.54, 1.807) is 16.7 Å². The second kappa shape index (κ2) is 8.96. The van der Waals surface area contributed by atoms with Crippen molar-refractivity contribution in [1.82, 2.24) is 19.3 Å². The molecule has 2 aliphatic heterocycles. The summed E-state index contributed by atoms with van der Waals surface area (Å²) in [6.45, 7) is 7.20. The van der Waals surface area contributed by atoms with Gasteiger partial charge in [0, 0.05) is 70.9 Å². The van der Waals surface area contributed by atoms with Gasteiger partial charge in [0.15, 0.2) is 0 Å². The molecule has 164 valence electrons. The Morgan fingerprint density at radius 3 is 2.29 bits per heavy atom. The minimum Gasteiger partial charge on any atom is -0.348 e. The first-order valence-corrected chi connectivity index (χ1v) is 11.0. The molecule has 2 aliphatic rings. The van der Waals surface area contributed by atoms with E-state index in [9.17, 15) is 14.4 Å². The predicted molar refractivity (Wildman–Crippen MR) is 117 cm³/mol. The van der Waals surface area contributed by atoms with Gasteiger partial charge in [-0.1, -0.05) is 29.8 Å². The van der Waals surface area contributed by atoms with Crippen LogP contribution in [0, 0.1) is 6.92 Å². The van der Waals surface area contributed by atoms with Crippen molar-refractivity contribution in [2.24, 2.45) is 0 Å². The fourth-order valence-corrected chi connectivity index (χ4v) is 4.63. The van der Waals surface area contributed by atoms with Gasteiger partial charge in [-0.2, -0.15) is 0 Å². The van der Waals surface area contributed by atoms with E-state index < -0.39 is 0 Å². The maximum absolute atomic E-state index is 13.2. The van der Waals surface area contributed by atoms with E-state index in [2.05, 4.69) is 42.0 Å². The molecule has 2 aromatic rings. The highest BCUT2D eigenvalue weighted by Gasteiger charge is 2.32. The summed E-state index contributed by atoms with van der Waals surface area (Å²) in [6, 6.07) is 12.3. The Labute approximate surface area is 183 Å². The van der Waals surface area contributed by atoms with E-state index in [0.29, 0.717) is 32.7 Å². The summed E-state index contributed by atoms with van der Waals surface area (Å²) >= 11 is 0. The van der Waals surface area contributed by atoms with Crippen LogP contribution in [-0.2, 0) is 20.9 Å².